The lowest BCUT2D eigenvalue weighted by Gasteiger charge is -2.34. The minimum Gasteiger partial charge on any atom is -0.369 e. The molecule has 23 heavy (non-hydrogen) atoms. The Labute approximate surface area is 135 Å². The highest BCUT2D eigenvalue weighted by Crippen LogP contribution is 2.19. The number of urea groups is 1. The summed E-state index contributed by atoms with van der Waals surface area (Å²) in [5.74, 6) is 0.416. The molecule has 0 bridgehead atoms. The van der Waals surface area contributed by atoms with Crippen LogP contribution in [0, 0.1) is 0 Å². The number of carbonyl (C=O) groups excluding carboxylic acids is 1. The molecule has 2 aromatic rings. The number of piperazine rings is 1. The molecule has 1 aromatic carbocycles. The molecule has 1 aromatic heterocycles. The van der Waals surface area contributed by atoms with Gasteiger partial charge in [0.05, 0.1) is 6.20 Å². The maximum Gasteiger partial charge on any atom is 0.324 e. The number of carbonyl (C=O) groups is 1. The standard InChI is InChI=1S/C16H20N6O/c1-21-8-10-22(11-9-21)14-4-2-13(3-5-14)19-16(23)20-15-12-17-6-7-18-15/h2-7,12H,8-11H2,1H3,(H2,18,19,20,23). The van der Waals surface area contributed by atoms with E-state index in [9.17, 15) is 4.79 Å². The Morgan fingerprint density at radius 3 is 2.43 bits per heavy atom. The van der Waals surface area contributed by atoms with Gasteiger partial charge in [-0.15, -0.1) is 0 Å². The van der Waals surface area contributed by atoms with Crippen molar-refractivity contribution in [1.82, 2.24) is 14.9 Å². The highest BCUT2D eigenvalue weighted by atomic mass is 16.2. The first kappa shape index (κ1) is 15.2. The first-order valence-corrected chi connectivity index (χ1v) is 7.58. The molecule has 0 aliphatic carbocycles. The third-order valence-electron chi connectivity index (χ3n) is 3.80. The Balaban J connectivity index is 1.56. The molecule has 2 N–H and O–H groups in total. The molecule has 0 unspecified atom stereocenters. The highest BCUT2D eigenvalue weighted by Gasteiger charge is 2.14. The molecule has 1 aliphatic rings. The smallest absolute Gasteiger partial charge is 0.324 e. The average molecular weight is 312 g/mol. The second-order valence-electron chi connectivity index (χ2n) is 5.51. The van der Waals surface area contributed by atoms with Crippen LogP contribution in [-0.4, -0.2) is 54.1 Å². The fraction of sp³-hybridized carbons (Fsp3) is 0.312. The summed E-state index contributed by atoms with van der Waals surface area (Å²) in [6, 6.07) is 7.54. The summed E-state index contributed by atoms with van der Waals surface area (Å²) in [4.78, 5) is 24.5. The molecule has 120 valence electrons. The van der Waals surface area contributed by atoms with Gasteiger partial charge in [-0.3, -0.25) is 10.3 Å². The second-order valence-corrected chi connectivity index (χ2v) is 5.51. The van der Waals surface area contributed by atoms with Crippen molar-refractivity contribution in [2.45, 2.75) is 0 Å². The van der Waals surface area contributed by atoms with Crippen LogP contribution in [0.25, 0.3) is 0 Å². The van der Waals surface area contributed by atoms with Gasteiger partial charge in [0.25, 0.3) is 0 Å². The molecule has 0 saturated carbocycles. The van der Waals surface area contributed by atoms with Gasteiger partial charge in [0.2, 0.25) is 0 Å². The fourth-order valence-electron chi connectivity index (χ4n) is 2.46. The van der Waals surface area contributed by atoms with Crippen LogP contribution in [0.2, 0.25) is 0 Å². The van der Waals surface area contributed by atoms with Crippen molar-refractivity contribution >= 4 is 23.2 Å². The van der Waals surface area contributed by atoms with Crippen LogP contribution in [0.4, 0.5) is 22.0 Å². The number of nitrogens with one attached hydrogen (secondary N) is 2. The van der Waals surface area contributed by atoms with Crippen molar-refractivity contribution < 1.29 is 4.79 Å². The zero-order chi connectivity index (χ0) is 16.1. The van der Waals surface area contributed by atoms with Crippen LogP contribution in [0.5, 0.6) is 0 Å². The van der Waals surface area contributed by atoms with Crippen LogP contribution in [0.3, 0.4) is 0 Å². The Bertz CT molecular complexity index is 637. The van der Waals surface area contributed by atoms with E-state index in [0.29, 0.717) is 5.82 Å². The maximum atomic E-state index is 11.9. The van der Waals surface area contributed by atoms with Crippen molar-refractivity contribution in [3.05, 3.63) is 42.9 Å². The molecule has 7 heteroatoms. The van der Waals surface area contributed by atoms with Crippen LogP contribution >= 0.6 is 0 Å². The normalized spacial score (nSPS) is 15.3. The highest BCUT2D eigenvalue weighted by molar-refractivity contribution is 5.99. The molecule has 0 atom stereocenters. The van der Waals surface area contributed by atoms with Crippen molar-refractivity contribution in [3.63, 3.8) is 0 Å². The van der Waals surface area contributed by atoms with Crippen LogP contribution in [-0.2, 0) is 0 Å². The molecule has 3 rings (SSSR count). The minimum atomic E-state index is -0.335. The van der Waals surface area contributed by atoms with Gasteiger partial charge >= 0.3 is 6.03 Å². The summed E-state index contributed by atoms with van der Waals surface area (Å²) in [5, 5.41) is 5.42. The number of rotatable bonds is 3. The summed E-state index contributed by atoms with van der Waals surface area (Å²) in [5.41, 5.74) is 1.92. The Morgan fingerprint density at radius 2 is 1.78 bits per heavy atom. The lowest BCUT2D eigenvalue weighted by Crippen LogP contribution is -2.44. The van der Waals surface area contributed by atoms with Crippen molar-refractivity contribution in [1.29, 1.82) is 0 Å². The summed E-state index contributed by atoms with van der Waals surface area (Å²) in [7, 11) is 2.14. The number of hydrogen-bond donors (Lipinski definition) is 2. The van der Waals surface area contributed by atoms with Gasteiger partial charge in [0.15, 0.2) is 5.82 Å². The first-order valence-electron chi connectivity index (χ1n) is 7.58. The lowest BCUT2D eigenvalue weighted by molar-refractivity contribution is 0.262. The average Bonchev–Trinajstić information content (AvgIpc) is 2.57. The third kappa shape index (κ3) is 4.17. The monoisotopic (exact) mass is 312 g/mol. The number of anilines is 3. The second kappa shape index (κ2) is 7.06. The molecule has 2 heterocycles. The van der Waals surface area contributed by atoms with Gasteiger partial charge in [-0.2, -0.15) is 0 Å². The van der Waals surface area contributed by atoms with E-state index in [1.165, 1.54) is 18.1 Å². The largest absolute Gasteiger partial charge is 0.369 e. The van der Waals surface area contributed by atoms with Gasteiger partial charge in [-0.1, -0.05) is 0 Å². The van der Waals surface area contributed by atoms with Gasteiger partial charge in [-0.05, 0) is 31.3 Å². The fourth-order valence-corrected chi connectivity index (χ4v) is 2.46. The number of aromatic nitrogens is 2. The molecule has 1 aliphatic heterocycles. The number of likely N-dealkylation sites (N-methyl/N-ethyl adjacent to an activating group) is 1. The Hall–Kier alpha value is -2.67. The molecule has 2 amide bonds. The topological polar surface area (TPSA) is 73.4 Å². The summed E-state index contributed by atoms with van der Waals surface area (Å²) >= 11 is 0. The predicted octanol–water partition coefficient (Wildman–Crippen LogP) is 1.87. The minimum absolute atomic E-state index is 0.335. The van der Waals surface area contributed by atoms with Crippen LogP contribution in [0.1, 0.15) is 0 Å². The quantitative estimate of drug-likeness (QED) is 0.905. The molecule has 0 radical (unpaired) electrons. The van der Waals surface area contributed by atoms with Gasteiger partial charge < -0.3 is 15.1 Å². The Morgan fingerprint density at radius 1 is 1.04 bits per heavy atom. The molecule has 1 saturated heterocycles. The van der Waals surface area contributed by atoms with E-state index in [2.05, 4.69) is 37.4 Å². The molecule has 0 spiro atoms. The van der Waals surface area contributed by atoms with Crippen molar-refractivity contribution in [2.24, 2.45) is 0 Å². The van der Waals surface area contributed by atoms with E-state index < -0.39 is 0 Å². The summed E-state index contributed by atoms with van der Waals surface area (Å²) < 4.78 is 0. The number of benzene rings is 1. The van der Waals surface area contributed by atoms with E-state index in [4.69, 9.17) is 0 Å². The lowest BCUT2D eigenvalue weighted by atomic mass is 10.2. The van der Waals surface area contributed by atoms with Crippen molar-refractivity contribution in [3.8, 4) is 0 Å². The van der Waals surface area contributed by atoms with E-state index in [0.717, 1.165) is 31.9 Å². The summed E-state index contributed by atoms with van der Waals surface area (Å²) in [6.45, 7) is 4.19. The maximum absolute atomic E-state index is 11.9. The van der Waals surface area contributed by atoms with Crippen LogP contribution in [0.15, 0.2) is 42.9 Å². The number of nitrogens with zero attached hydrogens (tertiary/aromatic N) is 4. The van der Waals surface area contributed by atoms with E-state index >= 15 is 0 Å². The summed E-state index contributed by atoms with van der Waals surface area (Å²) in [6.07, 6.45) is 4.58. The number of amides is 2. The molecular weight excluding hydrogens is 292 g/mol. The molecule has 7 nitrogen and oxygen atoms in total. The zero-order valence-electron chi connectivity index (χ0n) is 13.1. The van der Waals surface area contributed by atoms with Gasteiger partial charge in [0, 0.05) is 49.9 Å². The van der Waals surface area contributed by atoms with E-state index in [-0.39, 0.29) is 6.03 Å². The molecule has 1 fully saturated rings. The predicted molar refractivity (Wildman–Crippen MR) is 90.8 cm³/mol. The number of hydrogen-bond acceptors (Lipinski definition) is 5. The van der Waals surface area contributed by atoms with E-state index in [1.54, 1.807) is 6.20 Å². The van der Waals surface area contributed by atoms with Gasteiger partial charge in [0.1, 0.15) is 0 Å². The SMILES string of the molecule is CN1CCN(c2ccc(NC(=O)Nc3cnccn3)cc2)CC1. The van der Waals surface area contributed by atoms with E-state index in [1.807, 2.05) is 24.3 Å². The van der Waals surface area contributed by atoms with Crippen molar-refractivity contribution in [2.75, 3.05) is 48.8 Å². The third-order valence-corrected chi connectivity index (χ3v) is 3.80. The Kier molecular flexibility index (Phi) is 4.68. The van der Waals surface area contributed by atoms with Gasteiger partial charge in [-0.25, -0.2) is 9.78 Å². The molecular formula is C16H20N6O. The van der Waals surface area contributed by atoms with Crippen LogP contribution < -0.4 is 15.5 Å². The zero-order valence-corrected chi connectivity index (χ0v) is 13.1. The first-order chi connectivity index (χ1) is 11.2.